The van der Waals surface area contributed by atoms with Gasteiger partial charge >= 0.3 is 5.97 Å². The van der Waals surface area contributed by atoms with Crippen molar-refractivity contribution in [2.24, 2.45) is 11.8 Å². The summed E-state index contributed by atoms with van der Waals surface area (Å²) in [5.41, 5.74) is 0. The maximum absolute atomic E-state index is 10.3. The molecule has 1 rings (SSSR count). The van der Waals surface area contributed by atoms with Gasteiger partial charge < -0.3 is 14.9 Å². The van der Waals surface area contributed by atoms with E-state index in [0.717, 1.165) is 38.6 Å². The lowest BCUT2D eigenvalue weighted by Gasteiger charge is -2.12. The summed E-state index contributed by atoms with van der Waals surface area (Å²) < 4.78 is 5.55. The lowest BCUT2D eigenvalue weighted by molar-refractivity contribution is -0.131. The number of unbranched alkanes of at least 4 members (excludes halogenated alkanes) is 2. The third kappa shape index (κ3) is 9.36. The maximum Gasteiger partial charge on any atom is 0.327 e. The van der Waals surface area contributed by atoms with E-state index in [0.29, 0.717) is 18.3 Å². The van der Waals surface area contributed by atoms with Crippen molar-refractivity contribution in [3.63, 3.8) is 0 Å². The predicted octanol–water partition coefficient (Wildman–Crippen LogP) is 3.72. The first-order valence-corrected chi connectivity index (χ1v) is 8.62. The molecule has 23 heavy (non-hydrogen) atoms. The lowest BCUT2D eigenvalue weighted by atomic mass is 9.91. The van der Waals surface area contributed by atoms with Gasteiger partial charge in [0.1, 0.15) is 0 Å². The summed E-state index contributed by atoms with van der Waals surface area (Å²) in [6.45, 7) is 3.62. The minimum Gasteiger partial charge on any atom is -0.478 e. The summed E-state index contributed by atoms with van der Waals surface area (Å²) in [7, 11) is 0. The smallest absolute Gasteiger partial charge is 0.327 e. The van der Waals surface area contributed by atoms with Gasteiger partial charge in [0, 0.05) is 12.0 Å². The van der Waals surface area contributed by atoms with Crippen molar-refractivity contribution in [3.8, 4) is 0 Å². The Labute approximate surface area is 139 Å². The van der Waals surface area contributed by atoms with Crippen LogP contribution >= 0.6 is 0 Å². The first-order valence-electron chi connectivity index (χ1n) is 8.62. The fourth-order valence-corrected chi connectivity index (χ4v) is 2.66. The van der Waals surface area contributed by atoms with Crippen molar-refractivity contribution in [1.29, 1.82) is 0 Å². The van der Waals surface area contributed by atoms with E-state index in [1.807, 2.05) is 12.2 Å². The topological polar surface area (TPSA) is 66.8 Å². The van der Waals surface area contributed by atoms with Gasteiger partial charge in [-0.25, -0.2) is 4.79 Å². The summed E-state index contributed by atoms with van der Waals surface area (Å²) in [5.74, 6) is -0.117. The molecule has 1 aliphatic heterocycles. The van der Waals surface area contributed by atoms with Crippen LogP contribution in [0, 0.1) is 11.8 Å². The van der Waals surface area contributed by atoms with Crippen molar-refractivity contribution in [1.82, 2.24) is 0 Å². The van der Waals surface area contributed by atoms with Crippen LogP contribution in [0.5, 0.6) is 0 Å². The number of aliphatic hydroxyl groups excluding tert-OH is 1. The molecule has 0 aromatic carbocycles. The van der Waals surface area contributed by atoms with E-state index in [4.69, 9.17) is 9.84 Å². The van der Waals surface area contributed by atoms with Crippen LogP contribution in [0.15, 0.2) is 36.5 Å². The molecule has 0 aromatic rings. The Kier molecular flexibility index (Phi) is 10.3. The molecule has 1 saturated heterocycles. The van der Waals surface area contributed by atoms with Gasteiger partial charge in [-0.1, -0.05) is 56.6 Å². The molecule has 4 nitrogen and oxygen atoms in total. The third-order valence-corrected chi connectivity index (χ3v) is 4.07. The summed E-state index contributed by atoms with van der Waals surface area (Å²) in [4.78, 5) is 10.3. The van der Waals surface area contributed by atoms with Gasteiger partial charge in [0.15, 0.2) is 0 Å². The zero-order valence-corrected chi connectivity index (χ0v) is 14.1. The standard InChI is InChI=1S/C19H30O4/c1-2-3-6-10-18(20)13-12-17-15-23-14-16(17)9-7-4-5-8-11-19(21)22/h4,7-8,11-13,16-18,20H,2-3,5-6,9-10,14-15H2,1H3,(H,21,22)/b7-4?,11-8-,13-12+/t16-,17+,18?/m1/s1. The number of aliphatic hydroxyl groups is 1. The molecule has 1 fully saturated rings. The van der Waals surface area contributed by atoms with Crippen LogP contribution in [0.2, 0.25) is 0 Å². The largest absolute Gasteiger partial charge is 0.478 e. The Morgan fingerprint density at radius 2 is 2.09 bits per heavy atom. The van der Waals surface area contributed by atoms with Gasteiger partial charge in [0.2, 0.25) is 0 Å². The Morgan fingerprint density at radius 3 is 2.83 bits per heavy atom. The number of ether oxygens (including phenoxy) is 1. The number of carboxylic acids is 1. The van der Waals surface area contributed by atoms with Crippen LogP contribution in [-0.2, 0) is 9.53 Å². The fraction of sp³-hybridized carbons (Fsp3) is 0.632. The molecule has 4 heteroatoms. The number of carbonyl (C=O) groups is 1. The van der Waals surface area contributed by atoms with E-state index in [1.54, 1.807) is 6.08 Å². The quantitative estimate of drug-likeness (QED) is 0.345. The molecule has 0 bridgehead atoms. The lowest BCUT2D eigenvalue weighted by Crippen LogP contribution is -2.10. The zero-order valence-electron chi connectivity index (χ0n) is 14.1. The highest BCUT2D eigenvalue weighted by atomic mass is 16.5. The second-order valence-corrected chi connectivity index (χ2v) is 6.09. The van der Waals surface area contributed by atoms with Gasteiger partial charge in [0.05, 0.1) is 19.3 Å². The summed E-state index contributed by atoms with van der Waals surface area (Å²) >= 11 is 0. The maximum atomic E-state index is 10.3. The number of allylic oxidation sites excluding steroid dienone is 3. The summed E-state index contributed by atoms with van der Waals surface area (Å²) in [6.07, 6.45) is 16.3. The van der Waals surface area contributed by atoms with Crippen molar-refractivity contribution in [3.05, 3.63) is 36.5 Å². The molecule has 2 N–H and O–H groups in total. The van der Waals surface area contributed by atoms with Gasteiger partial charge in [0.25, 0.3) is 0 Å². The Bertz CT molecular complexity index is 412. The molecule has 0 aliphatic carbocycles. The van der Waals surface area contributed by atoms with Crippen LogP contribution in [0.3, 0.4) is 0 Å². The predicted molar refractivity (Wildman–Crippen MR) is 92.2 cm³/mol. The molecule has 0 radical (unpaired) electrons. The van der Waals surface area contributed by atoms with Crippen molar-refractivity contribution < 1.29 is 19.7 Å². The first kappa shape index (κ1) is 19.7. The van der Waals surface area contributed by atoms with E-state index in [2.05, 4.69) is 19.1 Å². The summed E-state index contributed by atoms with van der Waals surface area (Å²) in [5, 5.41) is 18.4. The number of aliphatic carboxylic acids is 1. The number of hydrogen-bond acceptors (Lipinski definition) is 3. The second kappa shape index (κ2) is 12.1. The molecular weight excluding hydrogens is 292 g/mol. The molecule has 1 unspecified atom stereocenters. The third-order valence-electron chi connectivity index (χ3n) is 4.07. The number of rotatable bonds is 11. The first-order chi connectivity index (χ1) is 11.1. The van der Waals surface area contributed by atoms with E-state index in [1.165, 1.54) is 12.8 Å². The van der Waals surface area contributed by atoms with Crippen molar-refractivity contribution in [2.45, 2.75) is 51.6 Å². The Hall–Kier alpha value is -1.39. The molecular formula is C19H30O4. The number of carboxylic acid groups (broad SMARTS) is 1. The van der Waals surface area contributed by atoms with Gasteiger partial charge in [-0.3, -0.25) is 0 Å². The molecule has 0 amide bonds. The molecule has 0 spiro atoms. The van der Waals surface area contributed by atoms with Gasteiger partial charge in [-0.05, 0) is 25.2 Å². The summed E-state index contributed by atoms with van der Waals surface area (Å²) in [6, 6.07) is 0. The van der Waals surface area contributed by atoms with Crippen LogP contribution in [0.1, 0.15) is 45.4 Å². The van der Waals surface area contributed by atoms with Crippen LogP contribution in [0.25, 0.3) is 0 Å². The van der Waals surface area contributed by atoms with Crippen LogP contribution < -0.4 is 0 Å². The average Bonchev–Trinajstić information content (AvgIpc) is 2.96. The van der Waals surface area contributed by atoms with Crippen molar-refractivity contribution >= 4 is 5.97 Å². The van der Waals surface area contributed by atoms with E-state index < -0.39 is 5.97 Å². The number of hydrogen-bond donors (Lipinski definition) is 2. The molecule has 1 heterocycles. The van der Waals surface area contributed by atoms with Gasteiger partial charge in [-0.2, -0.15) is 0 Å². The molecule has 3 atom stereocenters. The second-order valence-electron chi connectivity index (χ2n) is 6.09. The van der Waals surface area contributed by atoms with E-state index in [-0.39, 0.29) is 6.10 Å². The fourth-order valence-electron chi connectivity index (χ4n) is 2.66. The van der Waals surface area contributed by atoms with E-state index in [9.17, 15) is 9.90 Å². The Morgan fingerprint density at radius 1 is 1.26 bits per heavy atom. The Balaban J connectivity index is 2.30. The molecule has 1 aliphatic rings. The van der Waals surface area contributed by atoms with Gasteiger partial charge in [-0.15, -0.1) is 0 Å². The minimum atomic E-state index is -0.912. The SMILES string of the molecule is CCCCCC(O)/C=C/[C@H]1COC[C@H]1CC=CC/C=C\C(=O)O. The average molecular weight is 322 g/mol. The van der Waals surface area contributed by atoms with Crippen LogP contribution in [0.4, 0.5) is 0 Å². The highest BCUT2D eigenvalue weighted by molar-refractivity contribution is 5.79. The molecule has 130 valence electrons. The van der Waals surface area contributed by atoms with Crippen molar-refractivity contribution in [2.75, 3.05) is 13.2 Å². The normalized spacial score (nSPS) is 23.4. The molecule has 0 saturated carbocycles. The minimum absolute atomic E-state index is 0.348. The highest BCUT2D eigenvalue weighted by Crippen LogP contribution is 2.26. The monoisotopic (exact) mass is 322 g/mol. The zero-order chi connectivity index (χ0) is 16.9. The highest BCUT2D eigenvalue weighted by Gasteiger charge is 2.24. The van der Waals surface area contributed by atoms with E-state index >= 15 is 0 Å². The van der Waals surface area contributed by atoms with Crippen LogP contribution in [-0.4, -0.2) is 35.5 Å². The molecule has 0 aromatic heterocycles.